The monoisotopic (exact) mass is 570 g/mol. The fourth-order valence-corrected chi connectivity index (χ4v) is 5.11. The van der Waals surface area contributed by atoms with E-state index in [1.807, 2.05) is 57.2 Å². The Morgan fingerprint density at radius 3 is 2.05 bits per heavy atom. The second-order valence-corrected chi connectivity index (χ2v) is 12.4. The number of alkyl carbamates (subject to hydrolysis) is 1. The lowest BCUT2D eigenvalue weighted by molar-refractivity contribution is -0.124. The molecule has 0 radical (unpaired) electrons. The van der Waals surface area contributed by atoms with E-state index in [0.29, 0.717) is 22.9 Å². The quantitative estimate of drug-likeness (QED) is 0.240. The van der Waals surface area contributed by atoms with Crippen LogP contribution in [0.1, 0.15) is 91.2 Å². The van der Waals surface area contributed by atoms with Gasteiger partial charge in [-0.2, -0.15) is 0 Å². The van der Waals surface area contributed by atoms with Gasteiger partial charge in [-0.1, -0.05) is 59.1 Å². The molecule has 0 aliphatic heterocycles. The van der Waals surface area contributed by atoms with Gasteiger partial charge in [0.2, 0.25) is 5.91 Å². The lowest BCUT2D eigenvalue weighted by atomic mass is 9.68. The van der Waals surface area contributed by atoms with Crippen LogP contribution in [0.5, 0.6) is 17.2 Å². The lowest BCUT2D eigenvalue weighted by Crippen LogP contribution is -2.38. The van der Waals surface area contributed by atoms with Crippen molar-refractivity contribution in [2.75, 3.05) is 26.6 Å². The first-order valence-electron chi connectivity index (χ1n) is 14.4. The molecule has 0 saturated carbocycles. The van der Waals surface area contributed by atoms with E-state index in [2.05, 4.69) is 38.3 Å². The molecular weight excluding hydrogens is 520 g/mol. The van der Waals surface area contributed by atoms with Crippen molar-refractivity contribution in [1.29, 1.82) is 0 Å². The highest BCUT2D eigenvalue weighted by atomic mass is 16.6. The topological polar surface area (TPSA) is 95.1 Å². The van der Waals surface area contributed by atoms with Gasteiger partial charge in [0.05, 0.1) is 27.2 Å². The predicted octanol–water partition coefficient (Wildman–Crippen LogP) is 7.70. The number of unbranched alkanes of at least 4 members (excludes halogenated alkanes) is 2. The van der Waals surface area contributed by atoms with E-state index in [1.54, 1.807) is 21.3 Å². The number of carbonyl (C=O) groups is 2. The summed E-state index contributed by atoms with van der Waals surface area (Å²) >= 11 is 0. The van der Waals surface area contributed by atoms with Gasteiger partial charge in [0, 0.05) is 23.9 Å². The lowest BCUT2D eigenvalue weighted by Gasteiger charge is -2.37. The van der Waals surface area contributed by atoms with Crippen molar-refractivity contribution in [1.82, 2.24) is 5.32 Å². The van der Waals surface area contributed by atoms with E-state index in [0.717, 1.165) is 36.8 Å². The molecule has 8 nitrogen and oxygen atoms in total. The Bertz CT molecular complexity index is 1150. The first kappa shape index (κ1) is 33.8. The van der Waals surface area contributed by atoms with Crippen LogP contribution in [0, 0.1) is 11.3 Å². The summed E-state index contributed by atoms with van der Waals surface area (Å²) in [6.07, 6.45) is 3.45. The van der Waals surface area contributed by atoms with Gasteiger partial charge >= 0.3 is 6.09 Å². The number of amides is 2. The van der Waals surface area contributed by atoms with Crippen molar-refractivity contribution >= 4 is 17.7 Å². The number of anilines is 1. The SMILES string of the molecule is CCCCCC(c1cc(OC)c(OC)cc1OC)C(C(=O)Nc1cccc(CNC(=O)OC(C)(C)C)c1)C(C)(C)C. The molecule has 0 aliphatic rings. The average molecular weight is 571 g/mol. The van der Waals surface area contributed by atoms with Crippen molar-refractivity contribution in [3.63, 3.8) is 0 Å². The van der Waals surface area contributed by atoms with Crippen molar-refractivity contribution in [2.24, 2.45) is 11.3 Å². The van der Waals surface area contributed by atoms with Gasteiger partial charge < -0.3 is 29.6 Å². The number of carbonyl (C=O) groups excluding carboxylic acids is 2. The second-order valence-electron chi connectivity index (χ2n) is 12.4. The molecule has 228 valence electrons. The number of hydrogen-bond donors (Lipinski definition) is 2. The molecule has 0 aliphatic carbocycles. The third-order valence-corrected chi connectivity index (χ3v) is 6.90. The predicted molar refractivity (Wildman–Crippen MR) is 164 cm³/mol. The second kappa shape index (κ2) is 15.0. The summed E-state index contributed by atoms with van der Waals surface area (Å²) in [6.45, 7) is 14.2. The Kier molecular flexibility index (Phi) is 12.4. The maximum Gasteiger partial charge on any atom is 0.407 e. The Morgan fingerprint density at radius 2 is 1.49 bits per heavy atom. The molecule has 41 heavy (non-hydrogen) atoms. The number of ether oxygens (including phenoxy) is 4. The molecule has 0 heterocycles. The Labute approximate surface area is 246 Å². The van der Waals surface area contributed by atoms with E-state index >= 15 is 0 Å². The van der Waals surface area contributed by atoms with E-state index in [9.17, 15) is 9.59 Å². The Balaban J connectivity index is 2.42. The summed E-state index contributed by atoms with van der Waals surface area (Å²) in [5, 5.41) is 5.94. The zero-order valence-electron chi connectivity index (χ0n) is 26.6. The Morgan fingerprint density at radius 1 is 0.854 bits per heavy atom. The van der Waals surface area contributed by atoms with Crippen LogP contribution < -0.4 is 24.8 Å². The van der Waals surface area contributed by atoms with Crippen molar-refractivity contribution in [3.8, 4) is 17.2 Å². The third kappa shape index (κ3) is 10.2. The standard InChI is InChI=1S/C33H50N2O6/c1-11-12-13-17-24(25-19-27(39-9)28(40-10)20-26(25)38-8)29(32(2,3)4)30(36)35-23-16-14-15-22(18-23)21-34-31(37)41-33(5,6)7/h14-16,18-20,24,29H,11-13,17,21H2,1-10H3,(H,34,37)(H,35,36). The van der Waals surface area contributed by atoms with Crippen LogP contribution in [-0.4, -0.2) is 38.9 Å². The molecule has 2 unspecified atom stereocenters. The molecule has 2 aromatic carbocycles. The summed E-state index contributed by atoms with van der Waals surface area (Å²) in [6, 6.07) is 11.3. The van der Waals surface area contributed by atoms with Crippen molar-refractivity contribution in [2.45, 2.75) is 92.2 Å². The van der Waals surface area contributed by atoms with E-state index in [4.69, 9.17) is 18.9 Å². The van der Waals surface area contributed by atoms with Crippen LogP contribution in [0.4, 0.5) is 10.5 Å². The normalized spacial score (nSPS) is 13.1. The highest BCUT2D eigenvalue weighted by Crippen LogP contribution is 2.47. The minimum atomic E-state index is -0.577. The largest absolute Gasteiger partial charge is 0.496 e. The van der Waals surface area contributed by atoms with Gasteiger partial charge in [0.25, 0.3) is 0 Å². The molecule has 2 rings (SSSR count). The molecule has 2 N–H and O–H groups in total. The van der Waals surface area contributed by atoms with E-state index < -0.39 is 11.7 Å². The molecule has 8 heteroatoms. The minimum absolute atomic E-state index is 0.0758. The number of rotatable bonds is 13. The van der Waals surface area contributed by atoms with Gasteiger partial charge in [-0.05, 0) is 62.3 Å². The van der Waals surface area contributed by atoms with Gasteiger partial charge in [0.15, 0.2) is 11.5 Å². The maximum absolute atomic E-state index is 14.1. The molecule has 2 amide bonds. The van der Waals surface area contributed by atoms with Crippen LogP contribution in [-0.2, 0) is 16.1 Å². The number of nitrogens with one attached hydrogen (secondary N) is 2. The zero-order chi connectivity index (χ0) is 30.8. The first-order valence-corrected chi connectivity index (χ1v) is 14.4. The highest BCUT2D eigenvalue weighted by Gasteiger charge is 2.40. The summed E-state index contributed by atoms with van der Waals surface area (Å²) in [4.78, 5) is 26.2. The number of hydrogen-bond acceptors (Lipinski definition) is 6. The first-order chi connectivity index (χ1) is 19.2. The molecule has 0 saturated heterocycles. The molecule has 2 atom stereocenters. The fraction of sp³-hybridized carbons (Fsp3) is 0.576. The van der Waals surface area contributed by atoms with Crippen LogP contribution in [0.25, 0.3) is 0 Å². The molecule has 0 aromatic heterocycles. The minimum Gasteiger partial charge on any atom is -0.496 e. The highest BCUT2D eigenvalue weighted by molar-refractivity contribution is 5.94. The summed E-state index contributed by atoms with van der Waals surface area (Å²) in [7, 11) is 4.84. The average Bonchev–Trinajstić information content (AvgIpc) is 2.89. The molecular formula is C33H50N2O6. The van der Waals surface area contributed by atoms with E-state index in [-0.39, 0.29) is 29.7 Å². The summed E-state index contributed by atoms with van der Waals surface area (Å²) in [5.41, 5.74) is 1.49. The summed E-state index contributed by atoms with van der Waals surface area (Å²) in [5.74, 6) is 1.26. The van der Waals surface area contributed by atoms with Gasteiger partial charge in [-0.3, -0.25) is 4.79 Å². The van der Waals surface area contributed by atoms with Gasteiger partial charge in [-0.15, -0.1) is 0 Å². The van der Waals surface area contributed by atoms with Crippen molar-refractivity contribution in [3.05, 3.63) is 47.5 Å². The van der Waals surface area contributed by atoms with Crippen LogP contribution in [0.2, 0.25) is 0 Å². The molecule has 0 bridgehead atoms. The smallest absolute Gasteiger partial charge is 0.407 e. The third-order valence-electron chi connectivity index (χ3n) is 6.90. The Hall–Kier alpha value is -3.42. The maximum atomic E-state index is 14.1. The van der Waals surface area contributed by atoms with Crippen LogP contribution >= 0.6 is 0 Å². The van der Waals surface area contributed by atoms with Gasteiger partial charge in [-0.25, -0.2) is 4.79 Å². The number of methoxy groups -OCH3 is 3. The number of benzene rings is 2. The molecule has 2 aromatic rings. The van der Waals surface area contributed by atoms with Crippen molar-refractivity contribution < 1.29 is 28.5 Å². The molecule has 0 spiro atoms. The van der Waals surface area contributed by atoms with Crippen LogP contribution in [0.3, 0.4) is 0 Å². The fourth-order valence-electron chi connectivity index (χ4n) is 5.11. The van der Waals surface area contributed by atoms with Gasteiger partial charge in [0.1, 0.15) is 11.4 Å². The summed E-state index contributed by atoms with van der Waals surface area (Å²) < 4.78 is 22.3. The van der Waals surface area contributed by atoms with Crippen LogP contribution in [0.15, 0.2) is 36.4 Å². The van der Waals surface area contributed by atoms with E-state index in [1.165, 1.54) is 0 Å². The molecule has 0 fully saturated rings. The zero-order valence-corrected chi connectivity index (χ0v) is 26.6.